The van der Waals surface area contributed by atoms with Gasteiger partial charge in [0.1, 0.15) is 0 Å². The average Bonchev–Trinajstić information content (AvgIpc) is 2.50. The molecule has 0 bridgehead atoms. The van der Waals surface area contributed by atoms with Crippen molar-refractivity contribution in [1.82, 2.24) is 9.88 Å². The quantitative estimate of drug-likeness (QED) is 0.790. The lowest BCUT2D eigenvalue weighted by molar-refractivity contribution is 0.0626. The predicted molar refractivity (Wildman–Crippen MR) is 62.6 cm³/mol. The molecular weight excluding hydrogens is 188 g/mol. The van der Waals surface area contributed by atoms with Crippen LogP contribution in [0.1, 0.15) is 26.5 Å². The largest absolute Gasteiger partial charge is 0.391 e. The molecule has 0 aliphatic heterocycles. The van der Waals surface area contributed by atoms with Crippen LogP contribution in [0.15, 0.2) is 18.3 Å². The molecule has 1 aromatic rings. The number of hydrogen-bond donors (Lipinski definition) is 2. The van der Waals surface area contributed by atoms with Crippen LogP contribution in [0.4, 0.5) is 0 Å². The molecule has 0 aliphatic rings. The molecule has 0 aromatic carbocycles. The van der Waals surface area contributed by atoms with Crippen LogP contribution >= 0.6 is 0 Å². The zero-order chi connectivity index (χ0) is 11.5. The monoisotopic (exact) mass is 210 g/mol. The highest BCUT2D eigenvalue weighted by molar-refractivity contribution is 5.05. The van der Waals surface area contributed by atoms with Gasteiger partial charge in [-0.15, -0.1) is 0 Å². The third-order valence-corrected chi connectivity index (χ3v) is 2.69. The average molecular weight is 210 g/mol. The third kappa shape index (κ3) is 3.68. The fourth-order valence-electron chi connectivity index (χ4n) is 1.32. The lowest BCUT2D eigenvalue weighted by Crippen LogP contribution is -2.36. The van der Waals surface area contributed by atoms with Crippen molar-refractivity contribution < 1.29 is 5.11 Å². The van der Waals surface area contributed by atoms with E-state index in [1.54, 1.807) is 0 Å². The number of hydrogen-bond acceptors (Lipinski definition) is 2. The number of nitrogens with zero attached hydrogens (tertiary/aromatic N) is 1. The molecule has 0 saturated carbocycles. The Kier molecular flexibility index (Phi) is 3.94. The van der Waals surface area contributed by atoms with Gasteiger partial charge in [-0.25, -0.2) is 0 Å². The van der Waals surface area contributed by atoms with Crippen LogP contribution in [0.25, 0.3) is 0 Å². The molecule has 0 amide bonds. The van der Waals surface area contributed by atoms with Crippen molar-refractivity contribution in [3.05, 3.63) is 24.0 Å². The highest BCUT2D eigenvalue weighted by atomic mass is 16.3. The Morgan fingerprint density at radius 1 is 1.47 bits per heavy atom. The molecule has 0 aliphatic carbocycles. The number of aromatic nitrogens is 1. The Hall–Kier alpha value is -0.800. The molecule has 0 radical (unpaired) electrons. The summed E-state index contributed by atoms with van der Waals surface area (Å²) in [4.78, 5) is 0. The van der Waals surface area contributed by atoms with E-state index in [1.807, 2.05) is 40.1 Å². The van der Waals surface area contributed by atoms with Crippen LogP contribution < -0.4 is 5.32 Å². The molecule has 1 atom stereocenters. The third-order valence-electron chi connectivity index (χ3n) is 2.69. The first kappa shape index (κ1) is 12.3. The zero-order valence-electron chi connectivity index (χ0n) is 10.1. The minimum absolute atomic E-state index is 0.0544. The van der Waals surface area contributed by atoms with E-state index in [-0.39, 0.29) is 11.5 Å². The van der Waals surface area contributed by atoms with Crippen molar-refractivity contribution >= 4 is 0 Å². The first-order valence-corrected chi connectivity index (χ1v) is 5.40. The van der Waals surface area contributed by atoms with Crippen molar-refractivity contribution in [1.29, 1.82) is 0 Å². The Balaban J connectivity index is 2.31. The van der Waals surface area contributed by atoms with E-state index < -0.39 is 0 Å². The lowest BCUT2D eigenvalue weighted by Gasteiger charge is -2.26. The molecular formula is C12H22N2O. The highest BCUT2D eigenvalue weighted by Crippen LogP contribution is 2.18. The van der Waals surface area contributed by atoms with Gasteiger partial charge >= 0.3 is 0 Å². The highest BCUT2D eigenvalue weighted by Gasteiger charge is 2.21. The Bertz CT molecular complexity index is 299. The van der Waals surface area contributed by atoms with Crippen molar-refractivity contribution in [2.24, 2.45) is 12.5 Å². The van der Waals surface area contributed by atoms with Crippen molar-refractivity contribution in [3.8, 4) is 0 Å². The number of rotatable bonds is 4. The maximum atomic E-state index is 9.81. The summed E-state index contributed by atoms with van der Waals surface area (Å²) in [6, 6.07) is 4.10. The zero-order valence-corrected chi connectivity index (χ0v) is 10.1. The molecule has 15 heavy (non-hydrogen) atoms. The number of aliphatic hydroxyl groups is 1. The number of aliphatic hydroxyl groups excluding tert-OH is 1. The van der Waals surface area contributed by atoms with E-state index in [1.165, 1.54) is 5.69 Å². The van der Waals surface area contributed by atoms with E-state index in [0.717, 1.165) is 6.54 Å². The molecule has 3 heteroatoms. The molecule has 0 saturated heterocycles. The maximum Gasteiger partial charge on any atom is 0.0712 e. The van der Waals surface area contributed by atoms with Gasteiger partial charge in [0.05, 0.1) is 6.10 Å². The van der Waals surface area contributed by atoms with Crippen LogP contribution in [0.3, 0.4) is 0 Å². The van der Waals surface area contributed by atoms with Gasteiger partial charge in [0.25, 0.3) is 0 Å². The summed E-state index contributed by atoms with van der Waals surface area (Å²) in [6.45, 7) is 7.57. The first-order chi connectivity index (χ1) is 6.91. The summed E-state index contributed by atoms with van der Waals surface area (Å²) in [6.07, 6.45) is 1.72. The predicted octanol–water partition coefficient (Wildman–Crippen LogP) is 1.52. The van der Waals surface area contributed by atoms with Gasteiger partial charge < -0.3 is 15.0 Å². The smallest absolute Gasteiger partial charge is 0.0712 e. The summed E-state index contributed by atoms with van der Waals surface area (Å²) >= 11 is 0. The molecule has 1 heterocycles. The molecule has 0 spiro atoms. The summed E-state index contributed by atoms with van der Waals surface area (Å²) in [5.74, 6) is 0. The van der Waals surface area contributed by atoms with Crippen molar-refractivity contribution in [2.75, 3.05) is 6.54 Å². The van der Waals surface area contributed by atoms with Gasteiger partial charge in [-0.1, -0.05) is 20.8 Å². The molecule has 1 aromatic heterocycles. The first-order valence-electron chi connectivity index (χ1n) is 5.40. The van der Waals surface area contributed by atoms with E-state index >= 15 is 0 Å². The second kappa shape index (κ2) is 4.81. The van der Waals surface area contributed by atoms with Gasteiger partial charge in [-0.2, -0.15) is 0 Å². The Morgan fingerprint density at radius 2 is 2.13 bits per heavy atom. The normalized spacial score (nSPS) is 14.2. The lowest BCUT2D eigenvalue weighted by atomic mass is 9.89. The van der Waals surface area contributed by atoms with E-state index in [9.17, 15) is 5.11 Å². The van der Waals surface area contributed by atoms with Gasteiger partial charge in [0.2, 0.25) is 0 Å². The molecule has 1 unspecified atom stereocenters. The fourth-order valence-corrected chi connectivity index (χ4v) is 1.32. The van der Waals surface area contributed by atoms with Crippen molar-refractivity contribution in [3.63, 3.8) is 0 Å². The van der Waals surface area contributed by atoms with Crippen LogP contribution in [-0.4, -0.2) is 22.3 Å². The number of aryl methyl sites for hydroxylation is 1. The van der Waals surface area contributed by atoms with Crippen LogP contribution in [0.5, 0.6) is 0 Å². The second-order valence-corrected chi connectivity index (χ2v) is 5.12. The van der Waals surface area contributed by atoms with Gasteiger partial charge in [0, 0.05) is 32.0 Å². The number of nitrogens with one attached hydrogen (secondary N) is 1. The van der Waals surface area contributed by atoms with Gasteiger partial charge in [0.15, 0.2) is 0 Å². The fraction of sp³-hybridized carbons (Fsp3) is 0.667. The Labute approximate surface area is 92.1 Å². The SMILES string of the molecule is Cn1cccc1CNCC(O)C(C)(C)C. The van der Waals surface area contributed by atoms with Crippen molar-refractivity contribution in [2.45, 2.75) is 33.4 Å². The molecule has 0 fully saturated rings. The second-order valence-electron chi connectivity index (χ2n) is 5.12. The minimum atomic E-state index is -0.308. The van der Waals surface area contributed by atoms with Gasteiger partial charge in [-0.05, 0) is 17.5 Å². The van der Waals surface area contributed by atoms with E-state index in [0.29, 0.717) is 6.54 Å². The van der Waals surface area contributed by atoms with E-state index in [4.69, 9.17) is 0 Å². The minimum Gasteiger partial charge on any atom is -0.391 e. The summed E-state index contributed by atoms with van der Waals surface area (Å²) in [5, 5.41) is 13.1. The molecule has 1 rings (SSSR count). The Morgan fingerprint density at radius 3 is 2.60 bits per heavy atom. The molecule has 3 nitrogen and oxygen atoms in total. The molecule has 86 valence electrons. The summed E-state index contributed by atoms with van der Waals surface area (Å²) in [7, 11) is 2.03. The summed E-state index contributed by atoms with van der Waals surface area (Å²) in [5.41, 5.74) is 1.18. The van der Waals surface area contributed by atoms with E-state index in [2.05, 4.69) is 16.0 Å². The van der Waals surface area contributed by atoms with Crippen LogP contribution in [0, 0.1) is 5.41 Å². The molecule has 2 N–H and O–H groups in total. The van der Waals surface area contributed by atoms with Gasteiger partial charge in [-0.3, -0.25) is 0 Å². The standard InChI is InChI=1S/C12H22N2O/c1-12(2,3)11(15)9-13-8-10-6-5-7-14(10)4/h5-7,11,13,15H,8-9H2,1-4H3. The summed E-state index contributed by atoms with van der Waals surface area (Å²) < 4.78 is 2.08. The van der Waals surface area contributed by atoms with Crippen LogP contribution in [-0.2, 0) is 13.6 Å². The van der Waals surface area contributed by atoms with Crippen LogP contribution in [0.2, 0.25) is 0 Å². The maximum absolute atomic E-state index is 9.81. The topological polar surface area (TPSA) is 37.2 Å².